The quantitative estimate of drug-likeness (QED) is 0.879. The standard InChI is InChI=1S/C13H14N2O2/c1-8-13(10-3-4-10)14-11-5-2-9(6-12(16)17)7-15(8)11/h2,5,7,10H,3-4,6H2,1H3,(H,16,17). The van der Waals surface area contributed by atoms with Gasteiger partial charge in [0.05, 0.1) is 12.1 Å². The van der Waals surface area contributed by atoms with Crippen molar-refractivity contribution in [1.29, 1.82) is 0 Å². The Morgan fingerprint density at radius 1 is 1.53 bits per heavy atom. The van der Waals surface area contributed by atoms with Gasteiger partial charge in [-0.15, -0.1) is 0 Å². The van der Waals surface area contributed by atoms with Crippen LogP contribution in [0.4, 0.5) is 0 Å². The van der Waals surface area contributed by atoms with Crippen molar-refractivity contribution in [3.05, 3.63) is 35.3 Å². The average Bonchev–Trinajstić information content (AvgIpc) is 3.05. The number of pyridine rings is 1. The molecule has 1 N–H and O–H groups in total. The van der Waals surface area contributed by atoms with Crippen molar-refractivity contribution in [1.82, 2.24) is 9.38 Å². The molecule has 1 fully saturated rings. The van der Waals surface area contributed by atoms with Crippen LogP contribution in [0.2, 0.25) is 0 Å². The molecule has 4 heteroatoms. The van der Waals surface area contributed by atoms with Gasteiger partial charge in [0.25, 0.3) is 0 Å². The molecule has 2 aromatic rings. The smallest absolute Gasteiger partial charge is 0.307 e. The largest absolute Gasteiger partial charge is 0.481 e. The van der Waals surface area contributed by atoms with Crippen LogP contribution in [0.25, 0.3) is 5.65 Å². The van der Waals surface area contributed by atoms with E-state index in [9.17, 15) is 4.79 Å². The topological polar surface area (TPSA) is 54.6 Å². The molecule has 0 saturated heterocycles. The van der Waals surface area contributed by atoms with E-state index in [0.717, 1.165) is 16.9 Å². The molecule has 88 valence electrons. The van der Waals surface area contributed by atoms with Gasteiger partial charge in [0.1, 0.15) is 5.65 Å². The normalized spacial score (nSPS) is 15.4. The molecule has 0 bridgehead atoms. The van der Waals surface area contributed by atoms with Gasteiger partial charge in [-0.1, -0.05) is 6.07 Å². The molecule has 4 nitrogen and oxygen atoms in total. The fraction of sp³-hybridized carbons (Fsp3) is 0.385. The van der Waals surface area contributed by atoms with Crippen LogP contribution in [0.1, 0.15) is 35.7 Å². The molecule has 2 aromatic heterocycles. The Kier molecular flexibility index (Phi) is 2.18. The molecule has 17 heavy (non-hydrogen) atoms. The van der Waals surface area contributed by atoms with Crippen LogP contribution in [0.5, 0.6) is 0 Å². The highest BCUT2D eigenvalue weighted by molar-refractivity contribution is 5.70. The van der Waals surface area contributed by atoms with Crippen molar-refractivity contribution in [3.8, 4) is 0 Å². The Morgan fingerprint density at radius 2 is 2.29 bits per heavy atom. The summed E-state index contributed by atoms with van der Waals surface area (Å²) < 4.78 is 2.01. The second-order valence-electron chi connectivity index (χ2n) is 4.69. The molecule has 3 rings (SSSR count). The molecule has 1 saturated carbocycles. The monoisotopic (exact) mass is 230 g/mol. The van der Waals surface area contributed by atoms with E-state index in [0.29, 0.717) is 5.92 Å². The zero-order chi connectivity index (χ0) is 12.0. The first-order valence-corrected chi connectivity index (χ1v) is 5.84. The maximum absolute atomic E-state index is 10.7. The summed E-state index contributed by atoms with van der Waals surface area (Å²) in [7, 11) is 0. The number of nitrogens with zero attached hydrogens (tertiary/aromatic N) is 2. The predicted molar refractivity (Wildman–Crippen MR) is 63.2 cm³/mol. The van der Waals surface area contributed by atoms with Crippen LogP contribution < -0.4 is 0 Å². The molecule has 0 radical (unpaired) electrons. The van der Waals surface area contributed by atoms with E-state index in [-0.39, 0.29) is 6.42 Å². The zero-order valence-electron chi connectivity index (χ0n) is 9.68. The second-order valence-corrected chi connectivity index (χ2v) is 4.69. The van der Waals surface area contributed by atoms with Gasteiger partial charge in [-0.05, 0) is 31.4 Å². The van der Waals surface area contributed by atoms with Gasteiger partial charge in [0, 0.05) is 17.8 Å². The molecule has 0 amide bonds. The van der Waals surface area contributed by atoms with Crippen molar-refractivity contribution in [2.45, 2.75) is 32.1 Å². The van der Waals surface area contributed by atoms with E-state index in [1.54, 1.807) is 0 Å². The SMILES string of the molecule is Cc1c(C2CC2)nc2ccc(CC(=O)O)cn12. The third kappa shape index (κ3) is 1.79. The molecule has 0 unspecified atom stereocenters. The Bertz CT molecular complexity index is 597. The summed E-state index contributed by atoms with van der Waals surface area (Å²) in [6, 6.07) is 3.74. The molecule has 0 aliphatic heterocycles. The van der Waals surface area contributed by atoms with Crippen molar-refractivity contribution < 1.29 is 9.90 Å². The molecule has 2 heterocycles. The lowest BCUT2D eigenvalue weighted by Crippen LogP contribution is -2.01. The van der Waals surface area contributed by atoms with E-state index < -0.39 is 5.97 Å². The number of rotatable bonds is 3. The lowest BCUT2D eigenvalue weighted by Gasteiger charge is -2.01. The summed E-state index contributed by atoms with van der Waals surface area (Å²) in [6.45, 7) is 2.05. The van der Waals surface area contributed by atoms with Crippen molar-refractivity contribution in [2.24, 2.45) is 0 Å². The number of carbonyl (C=O) groups is 1. The number of aryl methyl sites for hydroxylation is 1. The van der Waals surface area contributed by atoms with Gasteiger partial charge in [0.15, 0.2) is 0 Å². The first-order valence-electron chi connectivity index (χ1n) is 5.84. The fourth-order valence-corrected chi connectivity index (χ4v) is 2.25. The molecular weight excluding hydrogens is 216 g/mol. The fourth-order valence-electron chi connectivity index (χ4n) is 2.25. The van der Waals surface area contributed by atoms with Crippen molar-refractivity contribution in [2.75, 3.05) is 0 Å². The number of fused-ring (bicyclic) bond motifs is 1. The number of carboxylic acid groups (broad SMARTS) is 1. The van der Waals surface area contributed by atoms with Crippen LogP contribution in [-0.2, 0) is 11.2 Å². The number of hydrogen-bond acceptors (Lipinski definition) is 2. The van der Waals surface area contributed by atoms with Crippen LogP contribution in [-0.4, -0.2) is 20.5 Å². The summed E-state index contributed by atoms with van der Waals surface area (Å²) in [5, 5.41) is 8.79. The minimum Gasteiger partial charge on any atom is -0.481 e. The minimum atomic E-state index is -0.801. The summed E-state index contributed by atoms with van der Waals surface area (Å²) in [6.07, 6.45) is 4.41. The van der Waals surface area contributed by atoms with Gasteiger partial charge in [0.2, 0.25) is 0 Å². The lowest BCUT2D eigenvalue weighted by molar-refractivity contribution is -0.136. The van der Waals surface area contributed by atoms with E-state index in [2.05, 4.69) is 11.9 Å². The third-order valence-electron chi connectivity index (χ3n) is 3.27. The molecule has 0 spiro atoms. The van der Waals surface area contributed by atoms with Crippen molar-refractivity contribution in [3.63, 3.8) is 0 Å². The molecular formula is C13H14N2O2. The maximum atomic E-state index is 10.7. The van der Waals surface area contributed by atoms with E-state index in [1.807, 2.05) is 22.7 Å². The lowest BCUT2D eigenvalue weighted by atomic mass is 10.2. The maximum Gasteiger partial charge on any atom is 0.307 e. The van der Waals surface area contributed by atoms with E-state index >= 15 is 0 Å². The predicted octanol–water partition coefficient (Wildman–Crippen LogP) is 2.15. The molecule has 0 aromatic carbocycles. The summed E-state index contributed by atoms with van der Waals surface area (Å²) >= 11 is 0. The molecule has 0 atom stereocenters. The highest BCUT2D eigenvalue weighted by Gasteiger charge is 2.28. The number of aliphatic carboxylic acids is 1. The average molecular weight is 230 g/mol. The van der Waals surface area contributed by atoms with Gasteiger partial charge >= 0.3 is 5.97 Å². The zero-order valence-corrected chi connectivity index (χ0v) is 9.68. The summed E-state index contributed by atoms with van der Waals surface area (Å²) in [5.74, 6) is -0.178. The number of imidazole rings is 1. The molecule has 1 aliphatic carbocycles. The van der Waals surface area contributed by atoms with Gasteiger partial charge in [-0.25, -0.2) is 4.98 Å². The van der Waals surface area contributed by atoms with Crippen LogP contribution >= 0.6 is 0 Å². The summed E-state index contributed by atoms with van der Waals surface area (Å²) in [4.78, 5) is 15.3. The number of carboxylic acids is 1. The van der Waals surface area contributed by atoms with Crippen molar-refractivity contribution >= 4 is 11.6 Å². The van der Waals surface area contributed by atoms with Gasteiger partial charge in [-0.2, -0.15) is 0 Å². The number of hydrogen-bond donors (Lipinski definition) is 1. The van der Waals surface area contributed by atoms with Gasteiger partial charge in [-0.3, -0.25) is 4.79 Å². The van der Waals surface area contributed by atoms with E-state index in [4.69, 9.17) is 5.11 Å². The number of aromatic nitrogens is 2. The highest BCUT2D eigenvalue weighted by Crippen LogP contribution is 2.41. The minimum absolute atomic E-state index is 0.0618. The molecule has 1 aliphatic rings. The third-order valence-corrected chi connectivity index (χ3v) is 3.27. The Labute approximate surface area is 98.9 Å². The first kappa shape index (κ1) is 10.3. The van der Waals surface area contributed by atoms with E-state index in [1.165, 1.54) is 18.5 Å². The van der Waals surface area contributed by atoms with Crippen LogP contribution in [0, 0.1) is 6.92 Å². The van der Waals surface area contributed by atoms with Gasteiger partial charge < -0.3 is 9.51 Å². The Balaban J connectivity index is 2.08. The van der Waals surface area contributed by atoms with Crippen LogP contribution in [0.3, 0.4) is 0 Å². The second kappa shape index (κ2) is 3.58. The summed E-state index contributed by atoms with van der Waals surface area (Å²) in [5.41, 5.74) is 4.05. The van der Waals surface area contributed by atoms with Crippen LogP contribution in [0.15, 0.2) is 18.3 Å². The highest BCUT2D eigenvalue weighted by atomic mass is 16.4. The Hall–Kier alpha value is -1.84. The first-order chi connectivity index (χ1) is 8.15. The Morgan fingerprint density at radius 3 is 2.94 bits per heavy atom.